The van der Waals surface area contributed by atoms with Gasteiger partial charge >= 0.3 is 5.97 Å². The first-order valence-electron chi connectivity index (χ1n) is 5.15. The Bertz CT molecular complexity index is 212. The zero-order valence-electron chi connectivity index (χ0n) is 8.89. The highest BCUT2D eigenvalue weighted by atomic mass is 16.4. The predicted octanol–water partition coefficient (Wildman–Crippen LogP) is 3.07. The van der Waals surface area contributed by atoms with Crippen molar-refractivity contribution in [3.63, 3.8) is 0 Å². The number of carboxylic acid groups (broad SMARTS) is 1. The number of hydrogen-bond donors (Lipinski definition) is 1. The van der Waals surface area contributed by atoms with Gasteiger partial charge in [-0.05, 0) is 23.7 Å². The molecule has 1 fully saturated rings. The van der Waals surface area contributed by atoms with Crippen molar-refractivity contribution in [1.29, 1.82) is 0 Å². The Morgan fingerprint density at radius 2 is 1.85 bits per heavy atom. The van der Waals surface area contributed by atoms with Crippen molar-refractivity contribution in [3.05, 3.63) is 0 Å². The molecule has 2 nitrogen and oxygen atoms in total. The van der Waals surface area contributed by atoms with Crippen LogP contribution in [0, 0.1) is 10.8 Å². The molecule has 0 amide bonds. The van der Waals surface area contributed by atoms with E-state index in [2.05, 4.69) is 20.8 Å². The van der Waals surface area contributed by atoms with Crippen LogP contribution in [0.3, 0.4) is 0 Å². The van der Waals surface area contributed by atoms with Gasteiger partial charge < -0.3 is 5.11 Å². The second kappa shape index (κ2) is 3.32. The average molecular weight is 184 g/mol. The Labute approximate surface area is 80.3 Å². The van der Waals surface area contributed by atoms with Gasteiger partial charge in [0, 0.05) is 0 Å². The number of aliphatic carboxylic acids is 1. The molecule has 2 heteroatoms. The van der Waals surface area contributed by atoms with Crippen molar-refractivity contribution in [3.8, 4) is 0 Å². The van der Waals surface area contributed by atoms with E-state index >= 15 is 0 Å². The van der Waals surface area contributed by atoms with E-state index in [0.29, 0.717) is 6.42 Å². The molecule has 1 saturated carbocycles. The summed E-state index contributed by atoms with van der Waals surface area (Å²) in [6.45, 7) is 6.55. The van der Waals surface area contributed by atoms with E-state index in [-0.39, 0.29) is 10.8 Å². The van der Waals surface area contributed by atoms with Gasteiger partial charge in [0.25, 0.3) is 0 Å². The molecule has 1 rings (SSSR count). The number of carboxylic acids is 1. The van der Waals surface area contributed by atoms with Gasteiger partial charge in [0.05, 0.1) is 6.42 Å². The van der Waals surface area contributed by atoms with Crippen LogP contribution in [0.1, 0.15) is 52.9 Å². The monoisotopic (exact) mass is 184 g/mol. The highest BCUT2D eigenvalue weighted by Gasteiger charge is 2.47. The summed E-state index contributed by atoms with van der Waals surface area (Å²) in [5.74, 6) is -0.649. The first-order valence-corrected chi connectivity index (χ1v) is 5.15. The van der Waals surface area contributed by atoms with Gasteiger partial charge in [0.15, 0.2) is 0 Å². The van der Waals surface area contributed by atoms with Crippen LogP contribution >= 0.6 is 0 Å². The molecule has 0 bridgehead atoms. The Balaban J connectivity index is 2.81. The molecule has 0 radical (unpaired) electrons. The van der Waals surface area contributed by atoms with Crippen LogP contribution in [0.2, 0.25) is 0 Å². The summed E-state index contributed by atoms with van der Waals surface area (Å²) in [6.07, 6.45) is 4.87. The Hall–Kier alpha value is -0.530. The minimum absolute atomic E-state index is 0.0214. The minimum Gasteiger partial charge on any atom is -0.481 e. The van der Waals surface area contributed by atoms with E-state index in [1.54, 1.807) is 0 Å². The van der Waals surface area contributed by atoms with E-state index in [0.717, 1.165) is 12.8 Å². The number of rotatable bonds is 3. The third kappa shape index (κ3) is 1.72. The standard InChI is InChI=1S/C11H20O2/c1-4-10(2)6-5-7-11(10,3)8-9(12)13/h4-8H2,1-3H3,(H,12,13). The van der Waals surface area contributed by atoms with Crippen LogP contribution in [0.15, 0.2) is 0 Å². The van der Waals surface area contributed by atoms with Gasteiger partial charge in [-0.1, -0.05) is 33.6 Å². The molecule has 0 aliphatic heterocycles. The van der Waals surface area contributed by atoms with Crippen LogP contribution < -0.4 is 0 Å². The summed E-state index contributed by atoms with van der Waals surface area (Å²) >= 11 is 0. The Kier molecular flexibility index (Phi) is 2.69. The molecule has 13 heavy (non-hydrogen) atoms. The lowest BCUT2D eigenvalue weighted by Crippen LogP contribution is -2.34. The Morgan fingerprint density at radius 1 is 1.31 bits per heavy atom. The molecule has 1 aliphatic rings. The largest absolute Gasteiger partial charge is 0.481 e. The fourth-order valence-electron chi connectivity index (χ4n) is 2.71. The lowest BCUT2D eigenvalue weighted by molar-refractivity contribution is -0.141. The zero-order valence-corrected chi connectivity index (χ0v) is 8.89. The van der Waals surface area contributed by atoms with Gasteiger partial charge in [-0.3, -0.25) is 4.79 Å². The molecule has 0 saturated heterocycles. The van der Waals surface area contributed by atoms with E-state index < -0.39 is 5.97 Å². The van der Waals surface area contributed by atoms with Crippen LogP contribution in [0.25, 0.3) is 0 Å². The van der Waals surface area contributed by atoms with Crippen LogP contribution in [0.4, 0.5) is 0 Å². The molecule has 0 spiro atoms. The van der Waals surface area contributed by atoms with E-state index in [1.807, 2.05) is 0 Å². The zero-order chi connectivity index (χ0) is 10.1. The normalized spacial score (nSPS) is 39.3. The molecule has 76 valence electrons. The summed E-state index contributed by atoms with van der Waals surface area (Å²) in [5.41, 5.74) is 0.263. The van der Waals surface area contributed by atoms with Gasteiger partial charge in [0.1, 0.15) is 0 Å². The maximum atomic E-state index is 10.8. The fraction of sp³-hybridized carbons (Fsp3) is 0.909. The number of carbonyl (C=O) groups is 1. The third-order valence-electron chi connectivity index (χ3n) is 4.24. The average Bonchev–Trinajstić information content (AvgIpc) is 2.28. The van der Waals surface area contributed by atoms with Gasteiger partial charge in [-0.2, -0.15) is 0 Å². The summed E-state index contributed by atoms with van der Waals surface area (Å²) in [4.78, 5) is 10.8. The molecule has 1 N–H and O–H groups in total. The van der Waals surface area contributed by atoms with Crippen molar-refractivity contribution < 1.29 is 9.90 Å². The molecule has 0 aromatic carbocycles. The summed E-state index contributed by atoms with van der Waals surface area (Å²) in [5, 5.41) is 8.87. The first-order chi connectivity index (χ1) is 5.93. The quantitative estimate of drug-likeness (QED) is 0.732. The van der Waals surface area contributed by atoms with Crippen molar-refractivity contribution in [1.82, 2.24) is 0 Å². The highest BCUT2D eigenvalue weighted by Crippen LogP contribution is 2.56. The smallest absolute Gasteiger partial charge is 0.303 e. The van der Waals surface area contributed by atoms with Crippen molar-refractivity contribution in [2.45, 2.75) is 52.9 Å². The van der Waals surface area contributed by atoms with Crippen molar-refractivity contribution in [2.24, 2.45) is 10.8 Å². The molecule has 0 heterocycles. The van der Waals surface area contributed by atoms with Crippen LogP contribution in [-0.2, 0) is 4.79 Å². The summed E-state index contributed by atoms with van der Waals surface area (Å²) in [6, 6.07) is 0. The molecule has 0 aromatic rings. The number of hydrogen-bond acceptors (Lipinski definition) is 1. The van der Waals surface area contributed by atoms with Gasteiger partial charge in [-0.25, -0.2) is 0 Å². The topological polar surface area (TPSA) is 37.3 Å². The molecule has 1 aliphatic carbocycles. The van der Waals surface area contributed by atoms with Gasteiger partial charge in [0.2, 0.25) is 0 Å². The van der Waals surface area contributed by atoms with E-state index in [1.165, 1.54) is 12.8 Å². The van der Waals surface area contributed by atoms with Crippen molar-refractivity contribution in [2.75, 3.05) is 0 Å². The first kappa shape index (κ1) is 10.6. The maximum Gasteiger partial charge on any atom is 0.303 e. The lowest BCUT2D eigenvalue weighted by atomic mass is 9.65. The molecule has 2 unspecified atom stereocenters. The molecule has 2 atom stereocenters. The second-order valence-electron chi connectivity index (χ2n) is 4.90. The van der Waals surface area contributed by atoms with Gasteiger partial charge in [-0.15, -0.1) is 0 Å². The van der Waals surface area contributed by atoms with E-state index in [9.17, 15) is 4.79 Å². The molecular weight excluding hydrogens is 164 g/mol. The highest BCUT2D eigenvalue weighted by molar-refractivity contribution is 5.67. The maximum absolute atomic E-state index is 10.8. The predicted molar refractivity (Wildman–Crippen MR) is 52.6 cm³/mol. The minimum atomic E-state index is -0.649. The Morgan fingerprint density at radius 3 is 2.31 bits per heavy atom. The second-order valence-corrected chi connectivity index (χ2v) is 4.90. The summed E-state index contributed by atoms with van der Waals surface area (Å²) < 4.78 is 0. The molecule has 0 aromatic heterocycles. The van der Waals surface area contributed by atoms with E-state index in [4.69, 9.17) is 5.11 Å². The fourth-order valence-corrected chi connectivity index (χ4v) is 2.71. The summed E-state index contributed by atoms with van der Waals surface area (Å²) in [7, 11) is 0. The lowest BCUT2D eigenvalue weighted by Gasteiger charge is -2.39. The SMILES string of the molecule is CCC1(C)CCCC1(C)CC(=O)O. The molecular formula is C11H20O2. The van der Waals surface area contributed by atoms with Crippen LogP contribution in [0.5, 0.6) is 0 Å². The third-order valence-corrected chi connectivity index (χ3v) is 4.24. The van der Waals surface area contributed by atoms with Crippen LogP contribution in [-0.4, -0.2) is 11.1 Å². The van der Waals surface area contributed by atoms with Crippen molar-refractivity contribution >= 4 is 5.97 Å².